The van der Waals surface area contributed by atoms with Gasteiger partial charge in [0.1, 0.15) is 5.69 Å². The van der Waals surface area contributed by atoms with Gasteiger partial charge in [0.15, 0.2) is 11.0 Å². The van der Waals surface area contributed by atoms with Crippen molar-refractivity contribution in [1.82, 2.24) is 4.98 Å². The zero-order chi connectivity index (χ0) is 9.30. The van der Waals surface area contributed by atoms with Crippen molar-refractivity contribution in [3.05, 3.63) is 27.8 Å². The highest BCUT2D eigenvalue weighted by atomic mass is 35.5. The van der Waals surface area contributed by atoms with Gasteiger partial charge in [-0.1, -0.05) is 23.2 Å². The number of rotatable bonds is 1. The zero-order valence-electron chi connectivity index (χ0n) is 5.49. The Hall–Kier alpha value is -0.480. The molecule has 0 radical (unpaired) electrons. The molecule has 0 aliphatic carbocycles. The fourth-order valence-electron chi connectivity index (χ4n) is 0.610. The molecule has 1 aromatic heterocycles. The largest absolute Gasteiger partial charge is 0.281 e. The summed E-state index contributed by atoms with van der Waals surface area (Å²) in [6.07, 6.45) is -2.85. The van der Waals surface area contributed by atoms with Gasteiger partial charge in [-0.3, -0.25) is 0 Å². The molecular formula is C6H2Cl2F3N. The highest BCUT2D eigenvalue weighted by Gasteiger charge is 2.16. The Morgan fingerprint density at radius 2 is 1.92 bits per heavy atom. The van der Waals surface area contributed by atoms with Crippen molar-refractivity contribution >= 4 is 23.2 Å². The summed E-state index contributed by atoms with van der Waals surface area (Å²) in [6, 6.07) is 0.707. The molecule has 0 aromatic carbocycles. The maximum Gasteiger partial charge on any atom is 0.281 e. The van der Waals surface area contributed by atoms with E-state index in [2.05, 4.69) is 4.98 Å². The second kappa shape index (κ2) is 3.49. The molecule has 0 bridgehead atoms. The third-order valence-electron chi connectivity index (χ3n) is 1.12. The van der Waals surface area contributed by atoms with E-state index in [1.165, 1.54) is 0 Å². The van der Waals surface area contributed by atoms with Crippen LogP contribution >= 0.6 is 23.2 Å². The number of halogens is 5. The van der Waals surface area contributed by atoms with E-state index in [4.69, 9.17) is 23.2 Å². The molecule has 0 aliphatic heterocycles. The second-order valence-electron chi connectivity index (χ2n) is 1.93. The van der Waals surface area contributed by atoms with Gasteiger partial charge in [-0.25, -0.2) is 18.2 Å². The summed E-state index contributed by atoms with van der Waals surface area (Å²) in [6.45, 7) is 0. The number of hydrogen-bond donors (Lipinski definition) is 0. The lowest BCUT2D eigenvalue weighted by atomic mass is 10.3. The third kappa shape index (κ3) is 1.81. The summed E-state index contributed by atoms with van der Waals surface area (Å²) >= 11 is 10.4. The van der Waals surface area contributed by atoms with Crippen molar-refractivity contribution in [3.8, 4) is 0 Å². The molecule has 1 rings (SSSR count). The number of alkyl halides is 2. The molecule has 66 valence electrons. The Balaban J connectivity index is 3.23. The maximum atomic E-state index is 12.5. The Kier molecular flexibility index (Phi) is 2.80. The summed E-state index contributed by atoms with van der Waals surface area (Å²) in [5.74, 6) is -0.911. The molecule has 6 heteroatoms. The molecule has 0 aliphatic rings. The summed E-state index contributed by atoms with van der Waals surface area (Å²) in [5, 5.41) is -1.03. The fourth-order valence-corrected chi connectivity index (χ4v) is 0.976. The summed E-state index contributed by atoms with van der Waals surface area (Å²) < 4.78 is 36.5. The average Bonchev–Trinajstić information content (AvgIpc) is 1.96. The van der Waals surface area contributed by atoms with Crippen LogP contribution in [0.4, 0.5) is 13.2 Å². The molecule has 0 spiro atoms. The first kappa shape index (κ1) is 9.61. The molecule has 0 N–H and O–H groups in total. The minimum Gasteiger partial charge on any atom is -0.230 e. The molecule has 0 saturated carbocycles. The molecule has 0 unspecified atom stereocenters. The highest BCUT2D eigenvalue weighted by Crippen LogP contribution is 2.27. The highest BCUT2D eigenvalue weighted by molar-refractivity contribution is 6.32. The molecule has 1 nitrogen and oxygen atoms in total. The van der Waals surface area contributed by atoms with Gasteiger partial charge in [0, 0.05) is 0 Å². The lowest BCUT2D eigenvalue weighted by Crippen LogP contribution is -1.94. The minimum absolute atomic E-state index is 0.424. The maximum absolute atomic E-state index is 12.5. The topological polar surface area (TPSA) is 12.9 Å². The normalized spacial score (nSPS) is 10.8. The number of hydrogen-bond acceptors (Lipinski definition) is 1. The number of aromatic nitrogens is 1. The molecule has 1 heterocycles. The van der Waals surface area contributed by atoms with Gasteiger partial charge in [-0.15, -0.1) is 0 Å². The van der Waals surface area contributed by atoms with Crippen LogP contribution in [-0.4, -0.2) is 4.98 Å². The van der Waals surface area contributed by atoms with Gasteiger partial charge < -0.3 is 0 Å². The summed E-state index contributed by atoms with van der Waals surface area (Å²) in [7, 11) is 0. The first-order valence-corrected chi connectivity index (χ1v) is 3.57. The quantitative estimate of drug-likeness (QED) is 0.655. The second-order valence-corrected chi connectivity index (χ2v) is 2.69. The first-order valence-electron chi connectivity index (χ1n) is 2.82. The average molecular weight is 216 g/mol. The van der Waals surface area contributed by atoms with E-state index in [1.54, 1.807) is 0 Å². The molecule has 0 saturated heterocycles. The predicted octanol–water partition coefficient (Wildman–Crippen LogP) is 3.47. The van der Waals surface area contributed by atoms with E-state index < -0.39 is 28.1 Å². The fraction of sp³-hybridized carbons (Fsp3) is 0.167. The van der Waals surface area contributed by atoms with Crippen LogP contribution in [0.2, 0.25) is 10.2 Å². The lowest BCUT2D eigenvalue weighted by Gasteiger charge is -2.02. The monoisotopic (exact) mass is 215 g/mol. The van der Waals surface area contributed by atoms with Crippen LogP contribution in [0.3, 0.4) is 0 Å². The Bertz CT molecular complexity index is 303. The van der Waals surface area contributed by atoms with Crippen LogP contribution in [0.5, 0.6) is 0 Å². The van der Waals surface area contributed by atoms with E-state index in [0.717, 1.165) is 0 Å². The lowest BCUT2D eigenvalue weighted by molar-refractivity contribution is 0.146. The van der Waals surface area contributed by atoms with Crippen molar-refractivity contribution in [2.45, 2.75) is 6.43 Å². The van der Waals surface area contributed by atoms with Crippen molar-refractivity contribution in [2.24, 2.45) is 0 Å². The molecule has 0 atom stereocenters. The molecular weight excluding hydrogens is 214 g/mol. The SMILES string of the molecule is Fc1cc(Cl)c(C(F)F)nc1Cl. The van der Waals surface area contributed by atoms with Crippen molar-refractivity contribution in [3.63, 3.8) is 0 Å². The molecule has 12 heavy (non-hydrogen) atoms. The minimum atomic E-state index is -2.85. The smallest absolute Gasteiger partial charge is 0.230 e. The van der Waals surface area contributed by atoms with Gasteiger partial charge in [-0.05, 0) is 6.07 Å². The molecule has 0 amide bonds. The first-order chi connectivity index (χ1) is 5.52. The van der Waals surface area contributed by atoms with Gasteiger partial charge in [0.05, 0.1) is 5.02 Å². The van der Waals surface area contributed by atoms with Gasteiger partial charge in [0.2, 0.25) is 0 Å². The van der Waals surface area contributed by atoms with Crippen LogP contribution in [0.15, 0.2) is 6.07 Å². The molecule has 1 aromatic rings. The van der Waals surface area contributed by atoms with E-state index in [0.29, 0.717) is 6.07 Å². The predicted molar refractivity (Wildman–Crippen MR) is 39.2 cm³/mol. The Morgan fingerprint density at radius 1 is 1.33 bits per heavy atom. The van der Waals surface area contributed by atoms with Crippen LogP contribution in [-0.2, 0) is 0 Å². The van der Waals surface area contributed by atoms with E-state index >= 15 is 0 Å². The van der Waals surface area contributed by atoms with E-state index in [1.807, 2.05) is 0 Å². The molecule has 0 fully saturated rings. The number of pyridine rings is 1. The summed E-state index contributed by atoms with van der Waals surface area (Å²) in [4.78, 5) is 3.08. The zero-order valence-corrected chi connectivity index (χ0v) is 7.00. The van der Waals surface area contributed by atoms with Crippen LogP contribution < -0.4 is 0 Å². The van der Waals surface area contributed by atoms with Crippen LogP contribution in [0, 0.1) is 5.82 Å². The van der Waals surface area contributed by atoms with E-state index in [9.17, 15) is 13.2 Å². The van der Waals surface area contributed by atoms with E-state index in [-0.39, 0.29) is 0 Å². The standard InChI is InChI=1S/C6H2Cl2F3N/c7-2-1-3(9)5(8)12-4(2)6(10)11/h1,6H. The van der Waals surface area contributed by atoms with Gasteiger partial charge >= 0.3 is 0 Å². The Labute approximate surface area is 76.1 Å². The van der Waals surface area contributed by atoms with Gasteiger partial charge in [-0.2, -0.15) is 0 Å². The van der Waals surface area contributed by atoms with Crippen LogP contribution in [0.25, 0.3) is 0 Å². The number of nitrogens with zero attached hydrogens (tertiary/aromatic N) is 1. The summed E-state index contributed by atoms with van der Waals surface area (Å²) in [5.41, 5.74) is -0.705. The van der Waals surface area contributed by atoms with Crippen molar-refractivity contribution in [1.29, 1.82) is 0 Å². The van der Waals surface area contributed by atoms with Crippen molar-refractivity contribution < 1.29 is 13.2 Å². The van der Waals surface area contributed by atoms with Crippen molar-refractivity contribution in [2.75, 3.05) is 0 Å². The van der Waals surface area contributed by atoms with Crippen LogP contribution in [0.1, 0.15) is 12.1 Å². The Morgan fingerprint density at radius 3 is 2.42 bits per heavy atom. The van der Waals surface area contributed by atoms with Gasteiger partial charge in [0.25, 0.3) is 6.43 Å². The third-order valence-corrected chi connectivity index (χ3v) is 1.69.